The number of esters is 1. The summed E-state index contributed by atoms with van der Waals surface area (Å²) in [5.74, 6) is -1.37. The Bertz CT molecular complexity index is 877. The maximum Gasteiger partial charge on any atom is 0.338 e. The summed E-state index contributed by atoms with van der Waals surface area (Å²) in [7, 11) is 0. The Labute approximate surface area is 159 Å². The molecule has 2 aromatic carbocycles. The number of hydrogen-bond acceptors (Lipinski definition) is 4. The van der Waals surface area contributed by atoms with Crippen molar-refractivity contribution in [3.05, 3.63) is 58.6 Å². The summed E-state index contributed by atoms with van der Waals surface area (Å²) in [5, 5.41) is 2.79. The molecular formula is C19H17BrN2O4. The van der Waals surface area contributed by atoms with E-state index in [1.54, 1.807) is 62.4 Å². The molecule has 0 fully saturated rings. The number of rotatable bonds is 3. The lowest BCUT2D eigenvalue weighted by Gasteiger charge is -2.41. The third-order valence-corrected chi connectivity index (χ3v) is 4.69. The van der Waals surface area contributed by atoms with Gasteiger partial charge in [0.25, 0.3) is 5.91 Å². The number of fused-ring (bicyclic) bond motifs is 1. The number of para-hydroxylation sites is 2. The maximum atomic E-state index is 12.8. The molecule has 0 unspecified atom stereocenters. The van der Waals surface area contributed by atoms with Crippen LogP contribution in [0.25, 0.3) is 0 Å². The summed E-state index contributed by atoms with van der Waals surface area (Å²) in [4.78, 5) is 38.6. The number of nitrogens with one attached hydrogen (secondary N) is 1. The van der Waals surface area contributed by atoms with Crippen molar-refractivity contribution in [2.24, 2.45) is 0 Å². The van der Waals surface area contributed by atoms with Crippen LogP contribution in [0.5, 0.6) is 0 Å². The highest BCUT2D eigenvalue weighted by molar-refractivity contribution is 9.10. The van der Waals surface area contributed by atoms with Crippen LogP contribution in [-0.4, -0.2) is 29.9 Å². The number of amides is 2. The molecule has 134 valence electrons. The molecule has 0 atom stereocenters. The number of benzene rings is 2. The number of carbonyl (C=O) groups excluding carboxylic acids is 3. The monoisotopic (exact) mass is 416 g/mol. The first-order chi connectivity index (χ1) is 12.3. The minimum atomic E-state index is -1.10. The van der Waals surface area contributed by atoms with Gasteiger partial charge in [0.1, 0.15) is 5.54 Å². The Morgan fingerprint density at radius 1 is 1.12 bits per heavy atom. The second kappa shape index (κ2) is 6.92. The summed E-state index contributed by atoms with van der Waals surface area (Å²) in [6.45, 7) is 2.83. The minimum Gasteiger partial charge on any atom is -0.452 e. The second-order valence-corrected chi connectivity index (χ2v) is 7.26. The predicted octanol–water partition coefficient (Wildman–Crippen LogP) is 3.37. The predicted molar refractivity (Wildman–Crippen MR) is 101 cm³/mol. The minimum absolute atomic E-state index is 0.302. The van der Waals surface area contributed by atoms with Crippen LogP contribution < -0.4 is 10.2 Å². The van der Waals surface area contributed by atoms with Gasteiger partial charge in [-0.15, -0.1) is 0 Å². The molecule has 2 aromatic rings. The van der Waals surface area contributed by atoms with E-state index in [2.05, 4.69) is 21.2 Å². The summed E-state index contributed by atoms with van der Waals surface area (Å²) >= 11 is 3.29. The number of halogens is 1. The van der Waals surface area contributed by atoms with Crippen molar-refractivity contribution in [2.75, 3.05) is 16.8 Å². The van der Waals surface area contributed by atoms with Crippen molar-refractivity contribution in [1.29, 1.82) is 0 Å². The molecule has 1 heterocycles. The van der Waals surface area contributed by atoms with Crippen LogP contribution in [0.4, 0.5) is 11.4 Å². The molecule has 1 aliphatic heterocycles. The molecule has 0 saturated heterocycles. The number of ether oxygens (including phenoxy) is 1. The van der Waals surface area contributed by atoms with Crippen LogP contribution in [0, 0.1) is 0 Å². The summed E-state index contributed by atoms with van der Waals surface area (Å²) in [6, 6.07) is 13.6. The number of hydrogen-bond donors (Lipinski definition) is 1. The Hall–Kier alpha value is -2.67. The van der Waals surface area contributed by atoms with Crippen LogP contribution >= 0.6 is 15.9 Å². The van der Waals surface area contributed by atoms with Crippen molar-refractivity contribution >= 4 is 45.1 Å². The Morgan fingerprint density at radius 2 is 1.77 bits per heavy atom. The van der Waals surface area contributed by atoms with Crippen molar-refractivity contribution in [3.63, 3.8) is 0 Å². The van der Waals surface area contributed by atoms with E-state index in [4.69, 9.17) is 4.74 Å². The Balaban J connectivity index is 1.79. The van der Waals surface area contributed by atoms with Crippen LogP contribution in [0.2, 0.25) is 0 Å². The lowest BCUT2D eigenvalue weighted by molar-refractivity contribution is -0.128. The van der Waals surface area contributed by atoms with E-state index in [-0.39, 0.29) is 5.91 Å². The highest BCUT2D eigenvalue weighted by atomic mass is 79.9. The molecule has 0 radical (unpaired) electrons. The molecule has 6 nitrogen and oxygen atoms in total. The lowest BCUT2D eigenvalue weighted by Crippen LogP contribution is -2.59. The zero-order valence-corrected chi connectivity index (χ0v) is 15.9. The van der Waals surface area contributed by atoms with E-state index >= 15 is 0 Å². The van der Waals surface area contributed by atoms with Gasteiger partial charge in [0.05, 0.1) is 16.9 Å². The first-order valence-corrected chi connectivity index (χ1v) is 8.76. The molecule has 1 aliphatic rings. The van der Waals surface area contributed by atoms with E-state index in [1.165, 1.54) is 4.90 Å². The second-order valence-electron chi connectivity index (χ2n) is 6.34. The highest BCUT2D eigenvalue weighted by Crippen LogP contribution is 2.36. The fourth-order valence-corrected chi connectivity index (χ4v) is 3.02. The van der Waals surface area contributed by atoms with E-state index in [9.17, 15) is 14.4 Å². The average Bonchev–Trinajstić information content (AvgIpc) is 2.61. The van der Waals surface area contributed by atoms with Crippen LogP contribution in [0.1, 0.15) is 24.2 Å². The highest BCUT2D eigenvalue weighted by Gasteiger charge is 2.43. The Kier molecular flexibility index (Phi) is 4.82. The van der Waals surface area contributed by atoms with E-state index in [0.717, 1.165) is 4.47 Å². The quantitative estimate of drug-likeness (QED) is 0.778. The summed E-state index contributed by atoms with van der Waals surface area (Å²) in [6.07, 6.45) is 0. The van der Waals surface area contributed by atoms with Crippen molar-refractivity contribution < 1.29 is 19.1 Å². The van der Waals surface area contributed by atoms with Gasteiger partial charge in [-0.05, 0) is 50.2 Å². The van der Waals surface area contributed by atoms with Gasteiger partial charge in [0, 0.05) is 4.47 Å². The molecule has 7 heteroatoms. The van der Waals surface area contributed by atoms with Crippen molar-refractivity contribution in [3.8, 4) is 0 Å². The lowest BCUT2D eigenvalue weighted by atomic mass is 9.96. The van der Waals surface area contributed by atoms with E-state index < -0.39 is 24.0 Å². The first kappa shape index (κ1) is 18.1. The fraction of sp³-hybridized carbons (Fsp3) is 0.211. The molecule has 1 N–H and O–H groups in total. The van der Waals surface area contributed by atoms with Crippen LogP contribution in [0.3, 0.4) is 0 Å². The largest absolute Gasteiger partial charge is 0.452 e. The third-order valence-electron chi connectivity index (χ3n) is 4.16. The smallest absolute Gasteiger partial charge is 0.338 e. The standard InChI is InChI=1S/C19H17BrN2O4/c1-19(2)18(25)21-14-5-3-4-6-15(14)22(19)16(23)11-26-17(24)12-7-9-13(20)10-8-12/h3-10H,11H2,1-2H3,(H,21,25). The zero-order chi connectivity index (χ0) is 18.9. The van der Waals surface area contributed by atoms with Gasteiger partial charge in [0.2, 0.25) is 5.91 Å². The molecule has 0 aliphatic carbocycles. The van der Waals surface area contributed by atoms with Crippen LogP contribution in [0.15, 0.2) is 53.0 Å². The van der Waals surface area contributed by atoms with Crippen molar-refractivity contribution in [2.45, 2.75) is 19.4 Å². The number of carbonyl (C=O) groups is 3. The Morgan fingerprint density at radius 3 is 2.46 bits per heavy atom. The first-order valence-electron chi connectivity index (χ1n) is 7.97. The van der Waals surface area contributed by atoms with Gasteiger partial charge < -0.3 is 10.1 Å². The fourth-order valence-electron chi connectivity index (χ4n) is 2.76. The maximum absolute atomic E-state index is 12.8. The molecule has 2 amide bonds. The van der Waals surface area contributed by atoms with E-state index in [1.807, 2.05) is 0 Å². The molecular weight excluding hydrogens is 400 g/mol. The SMILES string of the molecule is CC1(C)C(=O)Nc2ccccc2N1C(=O)COC(=O)c1ccc(Br)cc1. The topological polar surface area (TPSA) is 75.7 Å². The molecule has 3 rings (SSSR count). The average molecular weight is 417 g/mol. The van der Waals surface area contributed by atoms with Crippen molar-refractivity contribution in [1.82, 2.24) is 0 Å². The van der Waals surface area contributed by atoms with Crippen LogP contribution in [-0.2, 0) is 14.3 Å². The molecule has 26 heavy (non-hydrogen) atoms. The number of nitrogens with zero attached hydrogens (tertiary/aromatic N) is 1. The van der Waals surface area contributed by atoms with Gasteiger partial charge in [-0.25, -0.2) is 4.79 Å². The third kappa shape index (κ3) is 3.35. The van der Waals surface area contributed by atoms with Gasteiger partial charge >= 0.3 is 5.97 Å². The molecule has 0 bridgehead atoms. The molecule has 0 saturated carbocycles. The molecule has 0 spiro atoms. The zero-order valence-electron chi connectivity index (χ0n) is 14.3. The summed E-state index contributed by atoms with van der Waals surface area (Å²) in [5.41, 5.74) is 0.360. The van der Waals surface area contributed by atoms with Gasteiger partial charge in [0.15, 0.2) is 6.61 Å². The van der Waals surface area contributed by atoms with Gasteiger partial charge in [-0.1, -0.05) is 28.1 Å². The number of anilines is 2. The molecule has 0 aromatic heterocycles. The normalized spacial score (nSPS) is 15.0. The van der Waals surface area contributed by atoms with Gasteiger partial charge in [-0.3, -0.25) is 14.5 Å². The summed E-state index contributed by atoms with van der Waals surface area (Å²) < 4.78 is 5.99. The van der Waals surface area contributed by atoms with Gasteiger partial charge in [-0.2, -0.15) is 0 Å². The van der Waals surface area contributed by atoms with E-state index in [0.29, 0.717) is 16.9 Å².